The van der Waals surface area contributed by atoms with E-state index in [0.717, 1.165) is 24.3 Å². The van der Waals surface area contributed by atoms with Crippen LogP contribution in [0.3, 0.4) is 0 Å². The fourth-order valence-corrected chi connectivity index (χ4v) is 2.13. The van der Waals surface area contributed by atoms with E-state index in [1.165, 1.54) is 6.07 Å². The number of nitrogens with one attached hydrogen (secondary N) is 1. The van der Waals surface area contributed by atoms with Gasteiger partial charge in [-0.2, -0.15) is 0 Å². The summed E-state index contributed by atoms with van der Waals surface area (Å²) in [6, 6.07) is 6.58. The van der Waals surface area contributed by atoms with Crippen LogP contribution in [-0.4, -0.2) is 6.54 Å². The SMILES string of the molecule is CCCNCc1oc(COc2cccc(Cl)c2F)cc1C. The Morgan fingerprint density at radius 1 is 1.38 bits per heavy atom. The second-order valence-corrected chi connectivity index (χ2v) is 5.24. The Morgan fingerprint density at radius 3 is 2.95 bits per heavy atom. The molecule has 0 fully saturated rings. The Labute approximate surface area is 129 Å². The van der Waals surface area contributed by atoms with Gasteiger partial charge in [0, 0.05) is 0 Å². The van der Waals surface area contributed by atoms with Crippen LogP contribution in [0.15, 0.2) is 28.7 Å². The average molecular weight is 312 g/mol. The number of ether oxygens (including phenoxy) is 1. The monoisotopic (exact) mass is 311 g/mol. The molecule has 5 heteroatoms. The molecule has 2 aromatic rings. The Morgan fingerprint density at radius 2 is 2.19 bits per heavy atom. The lowest BCUT2D eigenvalue weighted by Gasteiger charge is -2.06. The van der Waals surface area contributed by atoms with Crippen LogP contribution in [-0.2, 0) is 13.2 Å². The summed E-state index contributed by atoms with van der Waals surface area (Å²) < 4.78 is 24.8. The van der Waals surface area contributed by atoms with Crippen LogP contribution in [0.1, 0.15) is 30.4 Å². The lowest BCUT2D eigenvalue weighted by atomic mass is 10.2. The molecular formula is C16H19ClFNO2. The number of halogens is 2. The molecule has 0 spiro atoms. The summed E-state index contributed by atoms with van der Waals surface area (Å²) in [5.74, 6) is 1.13. The minimum atomic E-state index is -0.549. The highest BCUT2D eigenvalue weighted by molar-refractivity contribution is 6.30. The van der Waals surface area contributed by atoms with Crippen molar-refractivity contribution >= 4 is 11.6 Å². The van der Waals surface area contributed by atoms with Crippen LogP contribution in [0, 0.1) is 12.7 Å². The molecule has 0 amide bonds. The zero-order valence-corrected chi connectivity index (χ0v) is 13.0. The highest BCUT2D eigenvalue weighted by Gasteiger charge is 2.11. The minimum absolute atomic E-state index is 0.0487. The number of furan rings is 1. The molecule has 0 bridgehead atoms. The highest BCUT2D eigenvalue weighted by Crippen LogP contribution is 2.25. The molecule has 1 aromatic carbocycles. The first-order valence-electron chi connectivity index (χ1n) is 6.97. The van der Waals surface area contributed by atoms with Gasteiger partial charge in [0.15, 0.2) is 11.6 Å². The Hall–Kier alpha value is -1.52. The van der Waals surface area contributed by atoms with Gasteiger partial charge in [-0.05, 0) is 43.7 Å². The van der Waals surface area contributed by atoms with Gasteiger partial charge in [-0.25, -0.2) is 4.39 Å². The van der Waals surface area contributed by atoms with Gasteiger partial charge in [0.1, 0.15) is 18.1 Å². The molecule has 0 unspecified atom stereocenters. The number of hydrogen-bond donors (Lipinski definition) is 1. The van der Waals surface area contributed by atoms with Gasteiger partial charge in [0.05, 0.1) is 11.6 Å². The third kappa shape index (κ3) is 4.22. The Balaban J connectivity index is 1.97. The summed E-state index contributed by atoms with van der Waals surface area (Å²) in [6.45, 7) is 5.90. The lowest BCUT2D eigenvalue weighted by molar-refractivity contribution is 0.254. The van der Waals surface area contributed by atoms with Gasteiger partial charge in [-0.1, -0.05) is 24.6 Å². The number of hydrogen-bond acceptors (Lipinski definition) is 3. The van der Waals surface area contributed by atoms with Crippen molar-refractivity contribution in [3.63, 3.8) is 0 Å². The van der Waals surface area contributed by atoms with E-state index in [4.69, 9.17) is 20.8 Å². The van der Waals surface area contributed by atoms with E-state index in [2.05, 4.69) is 12.2 Å². The maximum absolute atomic E-state index is 13.7. The van der Waals surface area contributed by atoms with Crippen molar-refractivity contribution in [2.45, 2.75) is 33.4 Å². The van der Waals surface area contributed by atoms with Gasteiger partial charge in [0.25, 0.3) is 0 Å². The van der Waals surface area contributed by atoms with E-state index in [-0.39, 0.29) is 17.4 Å². The molecule has 2 rings (SSSR count). The van der Waals surface area contributed by atoms with Crippen molar-refractivity contribution in [2.24, 2.45) is 0 Å². The zero-order chi connectivity index (χ0) is 15.2. The summed E-state index contributed by atoms with van der Waals surface area (Å²) >= 11 is 5.71. The number of aryl methyl sites for hydroxylation is 1. The van der Waals surface area contributed by atoms with E-state index in [1.807, 2.05) is 13.0 Å². The second-order valence-electron chi connectivity index (χ2n) is 4.84. The quantitative estimate of drug-likeness (QED) is 0.767. The molecule has 0 atom stereocenters. The van der Waals surface area contributed by atoms with Gasteiger partial charge in [-0.3, -0.25) is 0 Å². The van der Waals surface area contributed by atoms with Crippen LogP contribution in [0.2, 0.25) is 5.02 Å². The molecule has 0 saturated carbocycles. The largest absolute Gasteiger partial charge is 0.483 e. The molecule has 0 aliphatic carbocycles. The molecule has 21 heavy (non-hydrogen) atoms. The summed E-state index contributed by atoms with van der Waals surface area (Å²) in [5.41, 5.74) is 1.06. The molecule has 0 saturated heterocycles. The van der Waals surface area contributed by atoms with Crippen molar-refractivity contribution < 1.29 is 13.5 Å². The second kappa shape index (κ2) is 7.48. The fourth-order valence-electron chi connectivity index (χ4n) is 1.96. The molecule has 1 aromatic heterocycles. The average Bonchev–Trinajstić information content (AvgIpc) is 2.81. The van der Waals surface area contributed by atoms with E-state index in [9.17, 15) is 4.39 Å². The number of benzene rings is 1. The van der Waals surface area contributed by atoms with E-state index >= 15 is 0 Å². The van der Waals surface area contributed by atoms with Crippen molar-refractivity contribution in [1.29, 1.82) is 0 Å². The maximum Gasteiger partial charge on any atom is 0.183 e. The van der Waals surface area contributed by atoms with Crippen LogP contribution >= 0.6 is 11.6 Å². The summed E-state index contributed by atoms with van der Waals surface area (Å²) in [4.78, 5) is 0. The smallest absolute Gasteiger partial charge is 0.183 e. The van der Waals surface area contributed by atoms with E-state index in [1.54, 1.807) is 12.1 Å². The zero-order valence-electron chi connectivity index (χ0n) is 12.2. The molecule has 0 aliphatic rings. The van der Waals surface area contributed by atoms with Crippen LogP contribution in [0.5, 0.6) is 5.75 Å². The van der Waals surface area contributed by atoms with Crippen molar-refractivity contribution in [3.8, 4) is 5.75 Å². The third-order valence-electron chi connectivity index (χ3n) is 3.07. The van der Waals surface area contributed by atoms with Gasteiger partial charge < -0.3 is 14.5 Å². The van der Waals surface area contributed by atoms with E-state index in [0.29, 0.717) is 12.3 Å². The summed E-state index contributed by atoms with van der Waals surface area (Å²) in [7, 11) is 0. The van der Waals surface area contributed by atoms with E-state index < -0.39 is 5.82 Å². The van der Waals surface area contributed by atoms with Gasteiger partial charge >= 0.3 is 0 Å². The highest BCUT2D eigenvalue weighted by atomic mass is 35.5. The topological polar surface area (TPSA) is 34.4 Å². The first-order chi connectivity index (χ1) is 10.1. The molecule has 0 radical (unpaired) electrons. The van der Waals surface area contributed by atoms with Crippen molar-refractivity contribution in [2.75, 3.05) is 6.54 Å². The van der Waals surface area contributed by atoms with Crippen LogP contribution in [0.25, 0.3) is 0 Å². The van der Waals surface area contributed by atoms with Crippen molar-refractivity contribution in [3.05, 3.63) is 52.2 Å². The first kappa shape index (κ1) is 15.9. The van der Waals surface area contributed by atoms with Gasteiger partial charge in [-0.15, -0.1) is 0 Å². The molecule has 0 aliphatic heterocycles. The molecule has 3 nitrogen and oxygen atoms in total. The molecule has 1 N–H and O–H groups in total. The Bertz CT molecular complexity index is 598. The summed E-state index contributed by atoms with van der Waals surface area (Å²) in [5, 5.41) is 3.33. The van der Waals surface area contributed by atoms with Gasteiger partial charge in [0.2, 0.25) is 0 Å². The standard InChI is InChI=1S/C16H19ClFNO2/c1-3-7-19-9-15-11(2)8-12(21-15)10-20-14-6-4-5-13(17)16(14)18/h4-6,8,19H,3,7,9-10H2,1-2H3. The molecule has 1 heterocycles. The normalized spacial score (nSPS) is 10.9. The minimum Gasteiger partial charge on any atom is -0.483 e. The van der Waals surface area contributed by atoms with Crippen molar-refractivity contribution in [1.82, 2.24) is 5.32 Å². The third-order valence-corrected chi connectivity index (χ3v) is 3.36. The fraction of sp³-hybridized carbons (Fsp3) is 0.375. The molecular weight excluding hydrogens is 293 g/mol. The van der Waals surface area contributed by atoms with Crippen LogP contribution in [0.4, 0.5) is 4.39 Å². The van der Waals surface area contributed by atoms with Crippen LogP contribution < -0.4 is 10.1 Å². The Kier molecular flexibility index (Phi) is 5.65. The lowest BCUT2D eigenvalue weighted by Crippen LogP contribution is -2.13. The predicted octanol–water partition coefficient (Wildman–Crippen LogP) is 4.46. The summed E-state index contributed by atoms with van der Waals surface area (Å²) in [6.07, 6.45) is 1.07. The molecule has 114 valence electrons. The first-order valence-corrected chi connectivity index (χ1v) is 7.35. The predicted molar refractivity (Wildman–Crippen MR) is 81.2 cm³/mol. The maximum atomic E-state index is 13.7. The number of rotatable bonds is 7.